The first-order valence-electron chi connectivity index (χ1n) is 11.0. The fourth-order valence-corrected chi connectivity index (χ4v) is 2.68. The van der Waals surface area contributed by atoms with Gasteiger partial charge in [-0.3, -0.25) is 0 Å². The average Bonchev–Trinajstić information content (AvgIpc) is 2.82. The zero-order valence-electron chi connectivity index (χ0n) is 18.9. The molecule has 0 aromatic heterocycles. The zero-order chi connectivity index (χ0) is 23.3. The van der Waals surface area contributed by atoms with Crippen molar-refractivity contribution in [2.75, 3.05) is 52.4 Å². The van der Waals surface area contributed by atoms with Crippen molar-refractivity contribution in [3.8, 4) is 0 Å². The first-order chi connectivity index (χ1) is 15.6. The summed E-state index contributed by atoms with van der Waals surface area (Å²) in [6.07, 6.45) is 2.44. The molecule has 181 valence electrons. The van der Waals surface area contributed by atoms with E-state index in [9.17, 15) is 19.8 Å². The van der Waals surface area contributed by atoms with Crippen molar-refractivity contribution >= 4 is 11.9 Å². The molecule has 3 rings (SSSR count). The van der Waals surface area contributed by atoms with E-state index < -0.39 is 11.9 Å². The summed E-state index contributed by atoms with van der Waals surface area (Å²) in [5.41, 5.74) is 0.440. The molecule has 8 nitrogen and oxygen atoms in total. The van der Waals surface area contributed by atoms with Crippen LogP contribution in [0.1, 0.15) is 33.6 Å². The van der Waals surface area contributed by atoms with Gasteiger partial charge in [0.2, 0.25) is 0 Å². The molecule has 9 heteroatoms. The summed E-state index contributed by atoms with van der Waals surface area (Å²) in [6, 6.07) is 16.1. The molecule has 0 amide bonds. The largest absolute Gasteiger partial charge is 2.00 e. The maximum absolute atomic E-state index is 10.1. The minimum atomic E-state index is -1.13. The third kappa shape index (κ3) is 17.9. The number of carboxylic acid groups (broad SMARTS) is 2. The number of rotatable bonds is 2. The van der Waals surface area contributed by atoms with E-state index in [2.05, 4.69) is 21.3 Å². The van der Waals surface area contributed by atoms with Crippen LogP contribution in [0.4, 0.5) is 0 Å². The van der Waals surface area contributed by atoms with Crippen LogP contribution < -0.4 is 31.5 Å². The number of benzene rings is 2. The zero-order valence-corrected chi connectivity index (χ0v) is 20.0. The molecule has 2 aromatic carbocycles. The standard InChI is InChI=1S/C10H24N4.2C7H6O2.Mn/c1-3-11-7-9-13-5-2-6-14-10-8-12-4-1;2*8-7(9)6-4-2-1-3-5-6;/h11-14H,1-10H2;2*1-5H,(H,8,9);/q;;;+2/p-2. The Morgan fingerprint density at radius 1 is 0.515 bits per heavy atom. The van der Waals surface area contributed by atoms with E-state index in [0.29, 0.717) is 0 Å². The van der Waals surface area contributed by atoms with Gasteiger partial charge in [0.1, 0.15) is 0 Å². The molecule has 0 saturated carbocycles. The van der Waals surface area contributed by atoms with Crippen LogP contribution in [0.2, 0.25) is 0 Å². The van der Waals surface area contributed by atoms with Gasteiger partial charge in [0.15, 0.2) is 0 Å². The van der Waals surface area contributed by atoms with Crippen LogP contribution in [0.5, 0.6) is 0 Å². The summed E-state index contributed by atoms with van der Waals surface area (Å²) < 4.78 is 0. The number of carboxylic acids is 2. The predicted octanol–water partition coefficient (Wildman–Crippen LogP) is -0.764. The molecule has 0 atom stereocenters. The topological polar surface area (TPSA) is 128 Å². The monoisotopic (exact) mass is 497 g/mol. The molecular formula is C24H34MnN4O4. The minimum absolute atomic E-state index is 0. The van der Waals surface area contributed by atoms with Crippen molar-refractivity contribution in [3.05, 3.63) is 71.8 Å². The maximum Gasteiger partial charge on any atom is 2.00 e. The quantitative estimate of drug-likeness (QED) is 0.399. The second-order valence-corrected chi connectivity index (χ2v) is 7.01. The van der Waals surface area contributed by atoms with Gasteiger partial charge in [-0.05, 0) is 50.1 Å². The molecular weight excluding hydrogens is 463 g/mol. The van der Waals surface area contributed by atoms with Crippen LogP contribution >= 0.6 is 0 Å². The first kappa shape index (κ1) is 30.7. The number of nitrogens with one attached hydrogen (secondary N) is 4. The summed E-state index contributed by atoms with van der Waals surface area (Å²) in [7, 11) is 0. The Morgan fingerprint density at radius 2 is 0.788 bits per heavy atom. The maximum atomic E-state index is 10.1. The van der Waals surface area contributed by atoms with E-state index in [1.807, 2.05) is 0 Å². The number of carbonyl (C=O) groups excluding carboxylic acids is 2. The van der Waals surface area contributed by atoms with Crippen molar-refractivity contribution in [2.24, 2.45) is 0 Å². The predicted molar refractivity (Wildman–Crippen MR) is 122 cm³/mol. The molecule has 2 aromatic rings. The van der Waals surface area contributed by atoms with E-state index in [1.54, 1.807) is 36.4 Å². The van der Waals surface area contributed by atoms with Crippen LogP contribution in [0, 0.1) is 0 Å². The summed E-state index contributed by atoms with van der Waals surface area (Å²) in [5, 5.41) is 33.9. The molecule has 1 radical (unpaired) electrons. The average molecular weight is 497 g/mol. The fourth-order valence-electron chi connectivity index (χ4n) is 2.68. The SMILES string of the molecule is C1CNCCNCCCNCCNC1.O=C([O-])c1ccccc1.O=C([O-])c1ccccc1.[Mn+2]. The Morgan fingerprint density at radius 3 is 1.00 bits per heavy atom. The van der Waals surface area contributed by atoms with Crippen molar-refractivity contribution in [1.29, 1.82) is 0 Å². The Hall–Kier alpha value is -2.26. The van der Waals surface area contributed by atoms with E-state index in [4.69, 9.17) is 0 Å². The second-order valence-electron chi connectivity index (χ2n) is 7.01. The first-order valence-corrected chi connectivity index (χ1v) is 11.0. The van der Waals surface area contributed by atoms with Crippen LogP contribution in [-0.2, 0) is 17.1 Å². The summed E-state index contributed by atoms with van der Waals surface area (Å²) in [6.45, 7) is 8.87. The molecule has 1 aliphatic heterocycles. The molecule has 1 fully saturated rings. The van der Waals surface area contributed by atoms with Crippen molar-refractivity contribution < 1.29 is 36.9 Å². The van der Waals surface area contributed by atoms with Crippen molar-refractivity contribution in [1.82, 2.24) is 21.3 Å². The summed E-state index contributed by atoms with van der Waals surface area (Å²) in [4.78, 5) is 20.2. The van der Waals surface area contributed by atoms with Gasteiger partial charge >= 0.3 is 17.1 Å². The van der Waals surface area contributed by atoms with Crippen LogP contribution in [0.15, 0.2) is 60.7 Å². The van der Waals surface area contributed by atoms with Gasteiger partial charge in [0.05, 0.1) is 11.9 Å². The molecule has 1 heterocycles. The Balaban J connectivity index is 0.000000476. The van der Waals surface area contributed by atoms with Gasteiger partial charge < -0.3 is 41.1 Å². The van der Waals surface area contributed by atoms with Crippen LogP contribution in [0.3, 0.4) is 0 Å². The molecule has 33 heavy (non-hydrogen) atoms. The van der Waals surface area contributed by atoms with E-state index in [0.717, 1.165) is 52.4 Å². The van der Waals surface area contributed by atoms with Gasteiger partial charge in [0, 0.05) is 26.2 Å². The normalized spacial score (nSPS) is 15.0. The van der Waals surface area contributed by atoms with Gasteiger partial charge in [-0.1, -0.05) is 60.7 Å². The molecule has 1 aliphatic rings. The summed E-state index contributed by atoms with van der Waals surface area (Å²) in [5.74, 6) is -2.26. The van der Waals surface area contributed by atoms with E-state index >= 15 is 0 Å². The Bertz CT molecular complexity index is 633. The number of hydrogen-bond acceptors (Lipinski definition) is 8. The molecule has 1 saturated heterocycles. The third-order valence-electron chi connectivity index (χ3n) is 4.39. The van der Waals surface area contributed by atoms with Gasteiger partial charge in [-0.2, -0.15) is 0 Å². The Labute approximate surface area is 207 Å². The molecule has 0 bridgehead atoms. The van der Waals surface area contributed by atoms with Gasteiger partial charge in [-0.25, -0.2) is 0 Å². The van der Waals surface area contributed by atoms with Crippen LogP contribution in [0.25, 0.3) is 0 Å². The van der Waals surface area contributed by atoms with Crippen LogP contribution in [-0.4, -0.2) is 64.3 Å². The molecule has 4 N–H and O–H groups in total. The number of hydrogen-bond donors (Lipinski definition) is 4. The van der Waals surface area contributed by atoms with Crippen molar-refractivity contribution in [3.63, 3.8) is 0 Å². The Kier molecular flexibility index (Phi) is 20.1. The fraction of sp³-hybridized carbons (Fsp3) is 0.417. The summed E-state index contributed by atoms with van der Waals surface area (Å²) >= 11 is 0. The number of carbonyl (C=O) groups is 2. The smallest absolute Gasteiger partial charge is 0.545 e. The number of aromatic carboxylic acids is 2. The molecule has 0 unspecified atom stereocenters. The van der Waals surface area contributed by atoms with Crippen molar-refractivity contribution in [2.45, 2.75) is 12.8 Å². The second kappa shape index (κ2) is 21.6. The third-order valence-corrected chi connectivity index (χ3v) is 4.39. The minimum Gasteiger partial charge on any atom is -0.545 e. The molecule has 0 aliphatic carbocycles. The van der Waals surface area contributed by atoms with Gasteiger partial charge in [-0.15, -0.1) is 0 Å². The van der Waals surface area contributed by atoms with E-state index in [-0.39, 0.29) is 28.2 Å². The molecule has 0 spiro atoms. The van der Waals surface area contributed by atoms with Gasteiger partial charge in [0.25, 0.3) is 0 Å². The van der Waals surface area contributed by atoms with E-state index in [1.165, 1.54) is 37.1 Å².